The van der Waals surface area contributed by atoms with Gasteiger partial charge in [-0.2, -0.15) is 13.2 Å². The molecule has 2 aromatic carbocycles. The first-order chi connectivity index (χ1) is 17.1. The quantitative estimate of drug-likeness (QED) is 0.342. The molecule has 2 fully saturated rings. The Kier molecular flexibility index (Phi) is 6.66. The Morgan fingerprint density at radius 1 is 1.14 bits per heavy atom. The normalized spacial score (nSPS) is 30.4. The van der Waals surface area contributed by atoms with Crippen LogP contribution in [0, 0.1) is 17.3 Å². The molecule has 3 aliphatic carbocycles. The predicted octanol–water partition coefficient (Wildman–Crippen LogP) is 6.61. The van der Waals surface area contributed by atoms with Crippen molar-refractivity contribution in [2.75, 3.05) is 7.11 Å². The fourth-order valence-corrected chi connectivity index (χ4v) is 7.17. The minimum atomic E-state index is -4.32. The van der Waals surface area contributed by atoms with Gasteiger partial charge in [0.2, 0.25) is 0 Å². The number of phenolic OH excluding ortho intramolecular Hbond substituents is 1. The highest BCUT2D eigenvalue weighted by Crippen LogP contribution is 2.61. The Balaban J connectivity index is 1.40. The molecule has 0 unspecified atom stereocenters. The van der Waals surface area contributed by atoms with Gasteiger partial charge in [0, 0.05) is 10.5 Å². The van der Waals surface area contributed by atoms with Crippen molar-refractivity contribution < 1.29 is 33.0 Å². The van der Waals surface area contributed by atoms with E-state index in [2.05, 4.69) is 12.1 Å². The molecule has 5 atom stereocenters. The van der Waals surface area contributed by atoms with Gasteiger partial charge in [-0.15, -0.1) is 0 Å². The average molecular weight is 522 g/mol. The van der Waals surface area contributed by atoms with Crippen LogP contribution in [-0.2, 0) is 11.4 Å². The molecule has 3 aliphatic rings. The number of aliphatic hydroxyl groups is 1. The van der Waals surface area contributed by atoms with Crippen LogP contribution < -0.4 is 4.74 Å². The molecule has 0 aliphatic heterocycles. The number of halogens is 3. The van der Waals surface area contributed by atoms with Crippen LogP contribution in [0.2, 0.25) is 0 Å². The van der Waals surface area contributed by atoms with Crippen LogP contribution in [-0.4, -0.2) is 34.6 Å². The van der Waals surface area contributed by atoms with E-state index >= 15 is 0 Å². The summed E-state index contributed by atoms with van der Waals surface area (Å²) in [4.78, 5) is 5.81. The molecule has 0 bridgehead atoms. The lowest BCUT2D eigenvalue weighted by Gasteiger charge is -2.50. The van der Waals surface area contributed by atoms with Gasteiger partial charge in [0.25, 0.3) is 0 Å². The van der Waals surface area contributed by atoms with Crippen molar-refractivity contribution in [1.82, 2.24) is 0 Å². The molecule has 0 radical (unpaired) electrons. The molecular weight excluding hydrogens is 491 g/mol. The number of hydrogen-bond acceptors (Lipinski definition) is 6. The number of methoxy groups -OCH3 is 1. The van der Waals surface area contributed by atoms with Gasteiger partial charge < -0.3 is 19.8 Å². The highest BCUT2D eigenvalue weighted by Gasteiger charge is 2.55. The summed E-state index contributed by atoms with van der Waals surface area (Å²) in [6, 6.07) is 9.63. The van der Waals surface area contributed by atoms with E-state index in [0.29, 0.717) is 29.6 Å². The molecule has 2 N–H and O–H groups in total. The summed E-state index contributed by atoms with van der Waals surface area (Å²) < 4.78 is 43.1. The van der Waals surface area contributed by atoms with E-state index in [0.717, 1.165) is 42.5 Å². The summed E-state index contributed by atoms with van der Waals surface area (Å²) in [5.41, 5.74) is -1.06. The third-order valence-corrected chi connectivity index (χ3v) is 9.18. The first-order valence-corrected chi connectivity index (χ1v) is 13.0. The van der Waals surface area contributed by atoms with E-state index in [1.54, 1.807) is 18.2 Å². The van der Waals surface area contributed by atoms with Gasteiger partial charge >= 0.3 is 5.51 Å². The van der Waals surface area contributed by atoms with Gasteiger partial charge in [-0.25, -0.2) is 0 Å². The second kappa shape index (κ2) is 9.49. The van der Waals surface area contributed by atoms with Gasteiger partial charge in [0.15, 0.2) is 11.5 Å². The van der Waals surface area contributed by atoms with Crippen molar-refractivity contribution in [2.24, 2.45) is 22.4 Å². The van der Waals surface area contributed by atoms with E-state index in [1.807, 2.05) is 6.07 Å². The number of oxime groups is 1. The number of phenols is 1. The van der Waals surface area contributed by atoms with Crippen LogP contribution in [0.15, 0.2) is 46.4 Å². The number of rotatable bonds is 5. The van der Waals surface area contributed by atoms with Crippen LogP contribution in [0.3, 0.4) is 0 Å². The lowest BCUT2D eigenvalue weighted by atomic mass is 9.55. The Morgan fingerprint density at radius 2 is 1.89 bits per heavy atom. The smallest absolute Gasteiger partial charge is 0.446 e. The lowest BCUT2D eigenvalue weighted by molar-refractivity contribution is -0.0328. The van der Waals surface area contributed by atoms with Crippen LogP contribution in [0.1, 0.15) is 61.6 Å². The number of thioether (sulfide) groups is 1. The zero-order valence-corrected chi connectivity index (χ0v) is 21.0. The topological polar surface area (TPSA) is 71.3 Å². The van der Waals surface area contributed by atoms with Crippen molar-refractivity contribution in [3.8, 4) is 11.5 Å². The number of fused-ring (bicyclic) bond motifs is 5. The molecular formula is C27H30F3NO4S. The fourth-order valence-electron chi connectivity index (χ4n) is 6.63. The molecule has 0 spiro atoms. The zero-order valence-electron chi connectivity index (χ0n) is 20.2. The maximum Gasteiger partial charge on any atom is 0.446 e. The zero-order chi connectivity index (χ0) is 25.7. The lowest BCUT2D eigenvalue weighted by Crippen LogP contribution is -2.45. The number of aliphatic hydroxyl groups excluding tert-OH is 1. The molecule has 0 saturated heterocycles. The molecule has 2 aromatic rings. The monoisotopic (exact) mass is 521 g/mol. The fraction of sp³-hybridized carbons (Fsp3) is 0.519. The summed E-state index contributed by atoms with van der Waals surface area (Å²) in [6.07, 6.45) is 4.06. The van der Waals surface area contributed by atoms with Gasteiger partial charge in [-0.1, -0.05) is 24.2 Å². The van der Waals surface area contributed by atoms with Gasteiger partial charge in [0.1, 0.15) is 6.61 Å². The molecule has 5 nitrogen and oxygen atoms in total. The minimum Gasteiger partial charge on any atom is -0.504 e. The number of aromatic hydroxyl groups is 1. The first-order valence-electron chi connectivity index (χ1n) is 12.2. The van der Waals surface area contributed by atoms with Gasteiger partial charge in [-0.3, -0.25) is 0 Å². The van der Waals surface area contributed by atoms with Crippen LogP contribution in [0.5, 0.6) is 11.5 Å². The highest BCUT2D eigenvalue weighted by molar-refractivity contribution is 8.00. The maximum absolute atomic E-state index is 12.6. The largest absolute Gasteiger partial charge is 0.504 e. The van der Waals surface area contributed by atoms with Crippen LogP contribution in [0.25, 0.3) is 0 Å². The number of hydrogen-bond donors (Lipinski definition) is 2. The van der Waals surface area contributed by atoms with Crippen LogP contribution in [0.4, 0.5) is 13.2 Å². The van der Waals surface area contributed by atoms with E-state index < -0.39 is 5.51 Å². The molecule has 5 rings (SSSR count). The average Bonchev–Trinajstić information content (AvgIpc) is 3.13. The number of nitrogens with zero attached hydrogens (tertiary/aromatic N) is 1. The molecule has 36 heavy (non-hydrogen) atoms. The van der Waals surface area contributed by atoms with Crippen molar-refractivity contribution in [3.63, 3.8) is 0 Å². The standard InChI is InChI=1S/C27H30F3NO4S/c1-26-10-9-17-18-13-24(34-2)23(32)12-20(18)22(11-19(17)21(26)7-8-25(26)33)31-35-14-15-3-5-16(6-4-15)36-27(28,29)30/h3-6,12-13,17,19,21,25,32-33H,7-11,14H2,1-2H3/b31-22+/t17-,19-,21+,25+,26+/m1/s1. The SMILES string of the molecule is COc1cc2c(cc1O)/C(=N/OCc1ccc(SC(F)(F)F)cc1)C[C@@H]1[C@@H]2CC[C@]2(C)[C@@H](O)CC[C@@H]12. The number of alkyl halides is 3. The van der Waals surface area contributed by atoms with Crippen molar-refractivity contribution in [2.45, 2.75) is 68.1 Å². The summed E-state index contributed by atoms with van der Waals surface area (Å²) in [6.45, 7) is 2.32. The third-order valence-electron chi connectivity index (χ3n) is 8.44. The second-order valence-corrected chi connectivity index (χ2v) is 11.5. The number of ether oxygens (including phenoxy) is 1. The molecule has 9 heteroatoms. The maximum atomic E-state index is 12.6. The minimum absolute atomic E-state index is 0.0390. The number of benzene rings is 2. The molecule has 194 valence electrons. The Labute approximate surface area is 212 Å². The summed E-state index contributed by atoms with van der Waals surface area (Å²) in [5.74, 6) is 1.41. The van der Waals surface area contributed by atoms with E-state index in [4.69, 9.17) is 9.57 Å². The second-order valence-electron chi connectivity index (χ2n) is 10.3. The van der Waals surface area contributed by atoms with E-state index in [-0.39, 0.29) is 46.5 Å². The molecule has 0 heterocycles. The summed E-state index contributed by atoms with van der Waals surface area (Å²) >= 11 is -0.150. The first kappa shape index (κ1) is 25.3. The molecule has 0 amide bonds. The van der Waals surface area contributed by atoms with E-state index in [9.17, 15) is 23.4 Å². The van der Waals surface area contributed by atoms with Crippen molar-refractivity contribution in [1.29, 1.82) is 0 Å². The highest BCUT2D eigenvalue weighted by atomic mass is 32.2. The molecule has 0 aromatic heterocycles. The predicted molar refractivity (Wildman–Crippen MR) is 131 cm³/mol. The summed E-state index contributed by atoms with van der Waals surface area (Å²) in [5, 5.41) is 25.7. The Morgan fingerprint density at radius 3 is 2.58 bits per heavy atom. The Bertz CT molecular complexity index is 1150. The van der Waals surface area contributed by atoms with Crippen molar-refractivity contribution >= 4 is 17.5 Å². The van der Waals surface area contributed by atoms with Gasteiger partial charge in [-0.05, 0) is 102 Å². The van der Waals surface area contributed by atoms with E-state index in [1.165, 1.54) is 19.2 Å². The summed E-state index contributed by atoms with van der Waals surface area (Å²) in [7, 11) is 1.53. The van der Waals surface area contributed by atoms with Gasteiger partial charge in [0.05, 0.1) is 18.9 Å². The van der Waals surface area contributed by atoms with Crippen molar-refractivity contribution in [3.05, 3.63) is 53.1 Å². The Hall–Kier alpha value is -2.39. The van der Waals surface area contributed by atoms with Crippen LogP contribution >= 0.6 is 11.8 Å². The third kappa shape index (κ3) is 4.67. The molecule has 2 saturated carbocycles.